The van der Waals surface area contributed by atoms with E-state index in [1.807, 2.05) is 0 Å². The van der Waals surface area contributed by atoms with E-state index >= 15 is 8.78 Å². The summed E-state index contributed by atoms with van der Waals surface area (Å²) in [7, 11) is 0. The van der Waals surface area contributed by atoms with Crippen molar-refractivity contribution in [2.24, 2.45) is 0 Å². The van der Waals surface area contributed by atoms with E-state index in [1.165, 1.54) is 30.3 Å². The number of rotatable bonds is 5. The SMILES string of the molecule is OC(Cn1cnnn1)(c1ccc(F)cc1F)C(F)(F)c1ccc(C#Cc2ccc(F)cc2)cn1. The highest BCUT2D eigenvalue weighted by atomic mass is 19.3. The van der Waals surface area contributed by atoms with Crippen LogP contribution >= 0.6 is 0 Å². The molecule has 2 aromatic heterocycles. The van der Waals surface area contributed by atoms with Gasteiger partial charge >= 0.3 is 5.92 Å². The van der Waals surface area contributed by atoms with Crippen LogP contribution in [0.2, 0.25) is 0 Å². The number of benzene rings is 2. The zero-order valence-electron chi connectivity index (χ0n) is 17.1. The number of hydrogen-bond donors (Lipinski definition) is 1. The van der Waals surface area contributed by atoms with Gasteiger partial charge in [0.05, 0.1) is 6.54 Å². The lowest BCUT2D eigenvalue weighted by atomic mass is 9.84. The molecule has 2 aromatic carbocycles. The molecule has 0 amide bonds. The molecule has 4 aromatic rings. The fourth-order valence-electron chi connectivity index (χ4n) is 3.21. The molecule has 11 heteroatoms. The van der Waals surface area contributed by atoms with E-state index in [1.54, 1.807) is 0 Å². The maximum atomic E-state index is 15.7. The van der Waals surface area contributed by atoms with Crippen LogP contribution in [0.25, 0.3) is 0 Å². The van der Waals surface area contributed by atoms with Crippen LogP contribution in [0.1, 0.15) is 22.4 Å². The summed E-state index contributed by atoms with van der Waals surface area (Å²) in [5, 5.41) is 21.2. The predicted molar refractivity (Wildman–Crippen MR) is 109 cm³/mol. The van der Waals surface area contributed by atoms with Crippen LogP contribution in [0.5, 0.6) is 0 Å². The maximum Gasteiger partial charge on any atom is 0.323 e. The van der Waals surface area contributed by atoms with Crippen molar-refractivity contribution in [2.75, 3.05) is 0 Å². The number of hydrogen-bond acceptors (Lipinski definition) is 5. The first-order valence-corrected chi connectivity index (χ1v) is 9.70. The van der Waals surface area contributed by atoms with Gasteiger partial charge in [-0.2, -0.15) is 8.78 Å². The smallest absolute Gasteiger partial charge is 0.323 e. The van der Waals surface area contributed by atoms with Crippen LogP contribution in [-0.4, -0.2) is 30.3 Å². The molecule has 172 valence electrons. The Bertz CT molecular complexity index is 1350. The predicted octanol–water partition coefficient (Wildman–Crippen LogP) is 3.57. The first-order chi connectivity index (χ1) is 16.2. The zero-order chi connectivity index (χ0) is 24.3. The Morgan fingerprint density at radius 3 is 2.18 bits per heavy atom. The molecule has 0 radical (unpaired) electrons. The Balaban J connectivity index is 1.71. The van der Waals surface area contributed by atoms with Gasteiger partial charge < -0.3 is 5.11 Å². The van der Waals surface area contributed by atoms with E-state index < -0.39 is 46.8 Å². The third kappa shape index (κ3) is 4.49. The Morgan fingerprint density at radius 2 is 1.56 bits per heavy atom. The van der Waals surface area contributed by atoms with Gasteiger partial charge in [-0.1, -0.05) is 11.8 Å². The molecule has 34 heavy (non-hydrogen) atoms. The van der Waals surface area contributed by atoms with Crippen LogP contribution in [0.3, 0.4) is 0 Å². The summed E-state index contributed by atoms with van der Waals surface area (Å²) in [5.74, 6) is -1.53. The summed E-state index contributed by atoms with van der Waals surface area (Å²) in [6.45, 7) is -0.955. The molecule has 6 nitrogen and oxygen atoms in total. The Morgan fingerprint density at radius 1 is 0.882 bits per heavy atom. The average molecular weight is 471 g/mol. The van der Waals surface area contributed by atoms with E-state index in [0.29, 0.717) is 11.6 Å². The molecule has 4 rings (SSSR count). The average Bonchev–Trinajstić information content (AvgIpc) is 3.31. The first kappa shape index (κ1) is 23.0. The Kier molecular flexibility index (Phi) is 6.08. The number of aromatic nitrogens is 5. The Hall–Kier alpha value is -4.17. The summed E-state index contributed by atoms with van der Waals surface area (Å²) in [6.07, 6.45) is 2.02. The monoisotopic (exact) mass is 471 g/mol. The molecule has 0 fully saturated rings. The van der Waals surface area contributed by atoms with Crippen LogP contribution in [-0.2, 0) is 18.1 Å². The van der Waals surface area contributed by atoms with E-state index in [0.717, 1.165) is 35.4 Å². The van der Waals surface area contributed by atoms with Crippen molar-refractivity contribution in [3.63, 3.8) is 0 Å². The summed E-state index contributed by atoms with van der Waals surface area (Å²) >= 11 is 0. The molecular weight excluding hydrogens is 457 g/mol. The molecule has 0 aliphatic rings. The van der Waals surface area contributed by atoms with Crippen LogP contribution in [0.15, 0.2) is 67.1 Å². The van der Waals surface area contributed by atoms with Crippen LogP contribution in [0, 0.1) is 29.3 Å². The lowest BCUT2D eigenvalue weighted by Crippen LogP contribution is -2.48. The van der Waals surface area contributed by atoms with Gasteiger partial charge in [0.2, 0.25) is 0 Å². The molecule has 1 atom stereocenters. The van der Waals surface area contributed by atoms with Gasteiger partial charge in [-0.3, -0.25) is 4.98 Å². The molecule has 0 saturated carbocycles. The molecule has 2 heterocycles. The van der Waals surface area contributed by atoms with E-state index in [-0.39, 0.29) is 5.56 Å². The molecule has 1 unspecified atom stereocenters. The second-order valence-corrected chi connectivity index (χ2v) is 7.26. The topological polar surface area (TPSA) is 76.7 Å². The molecule has 0 saturated heterocycles. The van der Waals surface area contributed by atoms with Gasteiger partial charge in [-0.25, -0.2) is 17.9 Å². The van der Waals surface area contributed by atoms with Crippen molar-refractivity contribution in [2.45, 2.75) is 18.1 Å². The summed E-state index contributed by atoms with van der Waals surface area (Å²) in [5.41, 5.74) is -4.22. The lowest BCUT2D eigenvalue weighted by Gasteiger charge is -2.35. The number of nitrogens with zero attached hydrogens (tertiary/aromatic N) is 5. The van der Waals surface area contributed by atoms with Crippen molar-refractivity contribution in [3.05, 3.63) is 107 Å². The minimum Gasteiger partial charge on any atom is -0.377 e. The number of halogens is 5. The summed E-state index contributed by atoms with van der Waals surface area (Å²) in [6, 6.07) is 9.40. The fourth-order valence-corrected chi connectivity index (χ4v) is 3.21. The van der Waals surface area contributed by atoms with Crippen molar-refractivity contribution >= 4 is 0 Å². The quantitative estimate of drug-likeness (QED) is 0.356. The highest BCUT2D eigenvalue weighted by Crippen LogP contribution is 2.46. The van der Waals surface area contributed by atoms with Crippen LogP contribution in [0.4, 0.5) is 22.0 Å². The molecule has 1 N–H and O–H groups in total. The van der Waals surface area contributed by atoms with Crippen molar-refractivity contribution in [1.82, 2.24) is 25.2 Å². The number of pyridine rings is 1. The number of aliphatic hydroxyl groups is 1. The molecule has 0 spiro atoms. The lowest BCUT2D eigenvalue weighted by molar-refractivity contribution is -0.207. The van der Waals surface area contributed by atoms with E-state index in [2.05, 4.69) is 32.4 Å². The number of alkyl halides is 2. The molecular formula is C23H14F5N5O. The van der Waals surface area contributed by atoms with Gasteiger partial charge in [-0.05, 0) is 59.0 Å². The van der Waals surface area contributed by atoms with Gasteiger partial charge in [-0.15, -0.1) is 5.10 Å². The Labute approximate surface area is 189 Å². The minimum absolute atomic E-state index is 0.265. The first-order valence-electron chi connectivity index (χ1n) is 9.70. The van der Waals surface area contributed by atoms with Crippen molar-refractivity contribution in [3.8, 4) is 11.8 Å². The van der Waals surface area contributed by atoms with E-state index in [4.69, 9.17) is 0 Å². The highest BCUT2D eigenvalue weighted by molar-refractivity contribution is 5.42. The minimum atomic E-state index is -4.17. The number of tetrazole rings is 1. The highest BCUT2D eigenvalue weighted by Gasteiger charge is 2.57. The molecule has 0 aliphatic heterocycles. The largest absolute Gasteiger partial charge is 0.377 e. The standard InChI is InChI=1S/C23H14F5N5O/c24-17-6-3-15(4-7-17)1-2-16-5-10-21(29-12-16)23(27,28)22(34,13-33-14-30-31-32-33)19-9-8-18(25)11-20(19)26/h3-12,14,34H,13H2. The maximum absolute atomic E-state index is 15.7. The second kappa shape index (κ2) is 8.99. The molecule has 0 bridgehead atoms. The van der Waals surface area contributed by atoms with Gasteiger partial charge in [0, 0.05) is 29.0 Å². The third-order valence-electron chi connectivity index (χ3n) is 4.96. The van der Waals surface area contributed by atoms with Gasteiger partial charge in [0.25, 0.3) is 0 Å². The fraction of sp³-hybridized carbons (Fsp3) is 0.130. The molecule has 0 aliphatic carbocycles. The normalized spacial score (nSPS) is 13.1. The van der Waals surface area contributed by atoms with Gasteiger partial charge in [0.15, 0.2) is 5.60 Å². The zero-order valence-corrected chi connectivity index (χ0v) is 17.1. The third-order valence-corrected chi connectivity index (χ3v) is 4.96. The van der Waals surface area contributed by atoms with Crippen LogP contribution < -0.4 is 0 Å². The van der Waals surface area contributed by atoms with Crippen molar-refractivity contribution < 1.29 is 27.1 Å². The van der Waals surface area contributed by atoms with Gasteiger partial charge in [0.1, 0.15) is 29.5 Å². The second-order valence-electron chi connectivity index (χ2n) is 7.26. The summed E-state index contributed by atoms with van der Waals surface area (Å²) in [4.78, 5) is 3.71. The van der Waals surface area contributed by atoms with E-state index in [9.17, 15) is 18.3 Å². The summed E-state index contributed by atoms with van der Waals surface area (Å²) < 4.78 is 73.0. The van der Waals surface area contributed by atoms with Crippen molar-refractivity contribution in [1.29, 1.82) is 0 Å².